The maximum Gasteiger partial charge on any atom is 0.344 e. The van der Waals surface area contributed by atoms with Crippen molar-refractivity contribution in [3.8, 4) is 5.75 Å². The van der Waals surface area contributed by atoms with Crippen LogP contribution in [0.2, 0.25) is 0 Å². The maximum absolute atomic E-state index is 15.3. The molecule has 6 aliphatic rings. The molecule has 62 heavy (non-hydrogen) atoms. The first-order valence-electron chi connectivity index (χ1n) is 21.6. The van der Waals surface area contributed by atoms with E-state index >= 15 is 4.79 Å². The number of fused-ring (bicyclic) bond motifs is 6. The van der Waals surface area contributed by atoms with E-state index in [-0.39, 0.29) is 12.0 Å². The molecule has 9 atom stereocenters. The van der Waals surface area contributed by atoms with E-state index in [2.05, 4.69) is 33.8 Å². The van der Waals surface area contributed by atoms with Gasteiger partial charge in [0.15, 0.2) is 6.10 Å². The van der Waals surface area contributed by atoms with Gasteiger partial charge < -0.3 is 39.0 Å². The SMILES string of the molecule is CCC1=C[C@H]2CN(C1)Cc1c([nH]c3ccc(/C=C/C(=O)O)cc13)[C@@](C(=O)OC)(c1cc3c(cc1OC)N(C)[C@H]1[C@@](O)(C(=O)OC)[C@H](OC(C)=O)[C@]4(CC)C=CCN5CC[C@]31[C@@H]54)C2. The molecule has 14 heteroatoms. The quantitative estimate of drug-likeness (QED) is 0.116. The lowest BCUT2D eigenvalue weighted by atomic mass is 9.47. The summed E-state index contributed by atoms with van der Waals surface area (Å²) in [5.74, 6) is -2.66. The summed E-state index contributed by atoms with van der Waals surface area (Å²) in [5.41, 5.74) is 0.773. The number of hydrogen-bond acceptors (Lipinski definition) is 12. The van der Waals surface area contributed by atoms with E-state index in [1.54, 1.807) is 13.2 Å². The molecule has 2 aromatic carbocycles. The Morgan fingerprint density at radius 3 is 2.45 bits per heavy atom. The van der Waals surface area contributed by atoms with Gasteiger partial charge in [0.2, 0.25) is 5.60 Å². The number of nitrogens with zero attached hydrogens (tertiary/aromatic N) is 3. The van der Waals surface area contributed by atoms with E-state index in [9.17, 15) is 24.6 Å². The molecule has 5 aliphatic heterocycles. The van der Waals surface area contributed by atoms with Crippen LogP contribution in [0.5, 0.6) is 5.75 Å². The first-order valence-corrected chi connectivity index (χ1v) is 21.6. The van der Waals surface area contributed by atoms with E-state index in [0.717, 1.165) is 46.8 Å². The number of benzene rings is 2. The van der Waals surface area contributed by atoms with Gasteiger partial charge in [-0.15, -0.1) is 0 Å². The number of nitrogens with one attached hydrogen (secondary N) is 1. The number of carbonyl (C=O) groups excluding carboxylic acids is 3. The largest absolute Gasteiger partial charge is 0.496 e. The van der Waals surface area contributed by atoms with E-state index < -0.39 is 57.9 Å². The molecule has 2 fully saturated rings. The Morgan fingerprint density at radius 1 is 1.00 bits per heavy atom. The Balaban J connectivity index is 1.36. The molecule has 0 radical (unpaired) electrons. The number of rotatable bonds is 9. The third-order valence-electron chi connectivity index (χ3n) is 15.3. The van der Waals surface area contributed by atoms with Gasteiger partial charge >= 0.3 is 23.9 Å². The molecule has 1 spiro atoms. The van der Waals surface area contributed by atoms with Crippen LogP contribution in [-0.2, 0) is 50.8 Å². The number of H-pyrrole nitrogens is 1. The molecule has 3 N–H and O–H groups in total. The van der Waals surface area contributed by atoms with Crippen molar-refractivity contribution in [2.24, 2.45) is 11.3 Å². The van der Waals surface area contributed by atoms with E-state index in [1.165, 1.54) is 26.7 Å². The molecule has 328 valence electrons. The minimum Gasteiger partial charge on any atom is -0.496 e. The zero-order valence-electron chi connectivity index (χ0n) is 36.4. The number of aliphatic hydroxyl groups is 1. The molecule has 14 nitrogen and oxygen atoms in total. The normalized spacial score (nSPS) is 33.1. The Bertz CT molecular complexity index is 2490. The van der Waals surface area contributed by atoms with E-state index in [1.807, 2.05) is 55.3 Å². The van der Waals surface area contributed by atoms with E-state index in [4.69, 9.17) is 18.9 Å². The number of aromatic nitrogens is 1. The number of anilines is 1. The molecular formula is C48H56N4O10. The number of likely N-dealkylation sites (N-methyl/N-ethyl adjacent to an activating group) is 1. The molecule has 2 bridgehead atoms. The smallest absolute Gasteiger partial charge is 0.344 e. The summed E-state index contributed by atoms with van der Waals surface area (Å²) in [6.07, 6.45) is 9.97. The monoisotopic (exact) mass is 848 g/mol. The molecule has 0 amide bonds. The maximum atomic E-state index is 15.3. The molecular weight excluding hydrogens is 793 g/mol. The lowest BCUT2D eigenvalue weighted by molar-refractivity contribution is -0.228. The second-order valence-corrected chi connectivity index (χ2v) is 18.1. The fraction of sp³-hybridized carbons (Fsp3) is 0.500. The van der Waals surface area contributed by atoms with Gasteiger partial charge in [0, 0.05) is 97.0 Å². The van der Waals surface area contributed by atoms with Crippen molar-refractivity contribution < 1.29 is 48.3 Å². The minimum absolute atomic E-state index is 0.0558. The standard InChI is InChI=1S/C48H56N4O10/c1-8-28-19-30-23-47(43(56)60-6,39-32(26-51(24-28)25-30)31-20-29(12-14-38(54)55)11-13-35(31)49-39)34-21-33-36(22-37(34)59-5)50(4)41-46(33)16-18-52-17-10-15-45(9-2,40(46)52)42(62-27(3)53)48(41,58)44(57)61-7/h10-15,19-22,30,40-42,49,58H,8-9,16-18,23-26H2,1-7H3,(H,54,55)/b14-12+/t30-,40+,41-,42-,45-,46-,47+,48+/m1/s1. The minimum atomic E-state index is -2.32. The Kier molecular flexibility index (Phi) is 10.0. The van der Waals surface area contributed by atoms with Gasteiger partial charge in [-0.25, -0.2) is 9.59 Å². The third kappa shape index (κ3) is 5.57. The first kappa shape index (κ1) is 41.9. The number of esters is 3. The van der Waals surface area contributed by atoms with Crippen LogP contribution in [0.1, 0.15) is 74.4 Å². The van der Waals surface area contributed by atoms with Crippen molar-refractivity contribution in [2.75, 3.05) is 59.5 Å². The van der Waals surface area contributed by atoms with Crippen LogP contribution in [0.15, 0.2) is 60.2 Å². The van der Waals surface area contributed by atoms with Crippen molar-refractivity contribution in [1.82, 2.24) is 14.8 Å². The molecule has 6 heterocycles. The Labute approximate surface area is 361 Å². The molecule has 1 saturated carbocycles. The van der Waals surface area contributed by atoms with Crippen molar-refractivity contribution in [3.63, 3.8) is 0 Å². The lowest BCUT2D eigenvalue weighted by Gasteiger charge is -2.63. The molecule has 1 aliphatic carbocycles. The Morgan fingerprint density at radius 2 is 1.77 bits per heavy atom. The summed E-state index contributed by atoms with van der Waals surface area (Å²) in [5, 5.41) is 23.7. The van der Waals surface area contributed by atoms with Crippen LogP contribution in [0, 0.1) is 11.3 Å². The summed E-state index contributed by atoms with van der Waals surface area (Å²) in [6.45, 7) is 8.70. The predicted molar refractivity (Wildman–Crippen MR) is 231 cm³/mol. The number of aromatic amines is 1. The summed E-state index contributed by atoms with van der Waals surface area (Å²) in [6, 6.07) is 8.46. The Hall–Kier alpha value is -5.44. The number of carbonyl (C=O) groups is 4. The summed E-state index contributed by atoms with van der Waals surface area (Å²) < 4.78 is 23.9. The van der Waals surface area contributed by atoms with Crippen molar-refractivity contribution in [1.29, 1.82) is 0 Å². The fourth-order valence-corrected chi connectivity index (χ4v) is 13.2. The van der Waals surface area contributed by atoms with Gasteiger partial charge in [-0.05, 0) is 79.1 Å². The number of ether oxygens (including phenoxy) is 4. The number of carboxylic acids is 1. The topological polar surface area (TPSA) is 171 Å². The van der Waals surface area contributed by atoms with Crippen LogP contribution >= 0.6 is 0 Å². The number of methoxy groups -OCH3 is 3. The summed E-state index contributed by atoms with van der Waals surface area (Å²) in [4.78, 5) is 64.8. The van der Waals surface area contributed by atoms with Crippen LogP contribution < -0.4 is 9.64 Å². The van der Waals surface area contributed by atoms with E-state index in [0.29, 0.717) is 68.0 Å². The van der Waals surface area contributed by atoms with Gasteiger partial charge in [-0.2, -0.15) is 0 Å². The second-order valence-electron chi connectivity index (χ2n) is 18.1. The van der Waals surface area contributed by atoms with Crippen molar-refractivity contribution in [2.45, 2.75) is 87.6 Å². The number of carboxylic acid groups (broad SMARTS) is 1. The number of aliphatic carboxylic acids is 1. The van der Waals surface area contributed by atoms with Crippen LogP contribution in [-0.4, -0.2) is 127 Å². The van der Waals surface area contributed by atoms with Crippen LogP contribution in [0.3, 0.4) is 0 Å². The average Bonchev–Trinajstić information content (AvgIpc) is 3.91. The summed E-state index contributed by atoms with van der Waals surface area (Å²) in [7, 11) is 6.08. The molecule has 3 aromatic rings. The van der Waals surface area contributed by atoms with Crippen molar-refractivity contribution in [3.05, 3.63) is 88.2 Å². The third-order valence-corrected chi connectivity index (χ3v) is 15.3. The molecule has 1 unspecified atom stereocenters. The highest BCUT2D eigenvalue weighted by atomic mass is 16.6. The zero-order valence-corrected chi connectivity index (χ0v) is 36.4. The molecule has 1 aromatic heterocycles. The zero-order chi connectivity index (χ0) is 44.1. The van der Waals surface area contributed by atoms with Crippen LogP contribution in [0.25, 0.3) is 17.0 Å². The second kappa shape index (κ2) is 14.8. The van der Waals surface area contributed by atoms with Gasteiger partial charge in [0.25, 0.3) is 0 Å². The first-order chi connectivity index (χ1) is 29.7. The van der Waals surface area contributed by atoms with Gasteiger partial charge in [-0.1, -0.05) is 43.7 Å². The van der Waals surface area contributed by atoms with Crippen LogP contribution in [0.4, 0.5) is 5.69 Å². The molecule has 9 rings (SSSR count). The highest BCUT2D eigenvalue weighted by Gasteiger charge is 2.80. The highest BCUT2D eigenvalue weighted by Crippen LogP contribution is 2.68. The predicted octanol–water partition coefficient (Wildman–Crippen LogP) is 4.85. The van der Waals surface area contributed by atoms with Gasteiger partial charge in [0.1, 0.15) is 11.2 Å². The molecule has 1 saturated heterocycles. The average molecular weight is 849 g/mol. The van der Waals surface area contributed by atoms with Gasteiger partial charge in [-0.3, -0.25) is 19.4 Å². The lowest BCUT2D eigenvalue weighted by Crippen LogP contribution is -2.81. The fourth-order valence-electron chi connectivity index (χ4n) is 13.2. The number of hydrogen-bond donors (Lipinski definition) is 3. The highest BCUT2D eigenvalue weighted by molar-refractivity contribution is 5.96. The van der Waals surface area contributed by atoms with Crippen molar-refractivity contribution >= 4 is 46.5 Å². The summed E-state index contributed by atoms with van der Waals surface area (Å²) >= 11 is 0. The van der Waals surface area contributed by atoms with Gasteiger partial charge in [0.05, 0.1) is 27.4 Å².